The highest BCUT2D eigenvalue weighted by molar-refractivity contribution is 6.08. The van der Waals surface area contributed by atoms with Gasteiger partial charge in [-0.25, -0.2) is 0 Å². The van der Waals surface area contributed by atoms with Crippen LogP contribution in [0.5, 0.6) is 23.0 Å². The van der Waals surface area contributed by atoms with E-state index in [1.807, 2.05) is 31.2 Å². The molecule has 0 aliphatic rings. The Bertz CT molecular complexity index is 1150. The van der Waals surface area contributed by atoms with Crippen molar-refractivity contribution in [2.75, 3.05) is 19.0 Å². The predicted molar refractivity (Wildman–Crippen MR) is 121 cm³/mol. The molecule has 0 fully saturated rings. The molecule has 0 aliphatic carbocycles. The average Bonchev–Trinajstić information content (AvgIpc) is 2.77. The fourth-order valence-corrected chi connectivity index (χ4v) is 2.87. The summed E-state index contributed by atoms with van der Waals surface area (Å²) in [6.07, 6.45) is 2.86. The number of phenolic OH excluding ortho intramolecular Hbond substituents is 2. The summed E-state index contributed by atoms with van der Waals surface area (Å²) in [7, 11) is 1.47. The summed E-state index contributed by atoms with van der Waals surface area (Å²) < 4.78 is 10.9. The van der Waals surface area contributed by atoms with Crippen LogP contribution >= 0.6 is 0 Å². The third-order valence-corrected chi connectivity index (χ3v) is 4.56. The number of hydrogen-bond donors (Lipinski definition) is 3. The lowest BCUT2D eigenvalue weighted by Crippen LogP contribution is -2.20. The Morgan fingerprint density at radius 2 is 1.72 bits per heavy atom. The van der Waals surface area contributed by atoms with Gasteiger partial charge in [0.15, 0.2) is 23.9 Å². The van der Waals surface area contributed by atoms with Gasteiger partial charge < -0.3 is 25.0 Å². The first-order valence-corrected chi connectivity index (χ1v) is 9.77. The fraction of sp³-hybridized carbons (Fsp3) is 0.120. The molecule has 32 heavy (non-hydrogen) atoms. The molecular formula is C25H23NO6. The summed E-state index contributed by atoms with van der Waals surface area (Å²) in [4.78, 5) is 24.4. The number of rotatable bonds is 8. The van der Waals surface area contributed by atoms with E-state index in [1.165, 1.54) is 25.3 Å². The van der Waals surface area contributed by atoms with E-state index >= 15 is 0 Å². The van der Waals surface area contributed by atoms with E-state index in [4.69, 9.17) is 9.47 Å². The predicted octanol–water partition coefficient (Wildman–Crippen LogP) is 4.33. The van der Waals surface area contributed by atoms with Crippen LogP contribution in [-0.2, 0) is 4.79 Å². The monoisotopic (exact) mass is 433 g/mol. The minimum Gasteiger partial charge on any atom is -0.508 e. The topological polar surface area (TPSA) is 105 Å². The van der Waals surface area contributed by atoms with Crippen molar-refractivity contribution < 1.29 is 29.3 Å². The first kappa shape index (κ1) is 22.4. The van der Waals surface area contributed by atoms with E-state index in [1.54, 1.807) is 24.3 Å². The Hall–Kier alpha value is -4.26. The molecule has 0 saturated carbocycles. The zero-order chi connectivity index (χ0) is 23.1. The van der Waals surface area contributed by atoms with Crippen LogP contribution in [0.15, 0.2) is 66.7 Å². The number of anilines is 1. The van der Waals surface area contributed by atoms with E-state index in [-0.39, 0.29) is 29.6 Å². The number of aryl methyl sites for hydroxylation is 1. The Morgan fingerprint density at radius 3 is 2.41 bits per heavy atom. The Morgan fingerprint density at radius 1 is 0.969 bits per heavy atom. The molecular weight excluding hydrogens is 410 g/mol. The SMILES string of the molecule is COc1cc(/C=C/C(=O)c2ccc(O)cc2O)ccc1OCC(=O)Nc1ccc(C)cc1. The summed E-state index contributed by atoms with van der Waals surface area (Å²) in [5, 5.41) is 21.9. The zero-order valence-corrected chi connectivity index (χ0v) is 17.7. The molecule has 0 bridgehead atoms. The van der Waals surface area contributed by atoms with Crippen LogP contribution in [0, 0.1) is 6.92 Å². The van der Waals surface area contributed by atoms with Crippen molar-refractivity contribution >= 4 is 23.5 Å². The molecule has 0 aliphatic heterocycles. The number of ether oxygens (including phenoxy) is 2. The zero-order valence-electron chi connectivity index (χ0n) is 17.7. The molecule has 0 saturated heterocycles. The Labute approximate surface area is 185 Å². The van der Waals surface area contributed by atoms with Crippen molar-refractivity contribution in [3.05, 3.63) is 83.4 Å². The van der Waals surface area contributed by atoms with Gasteiger partial charge in [0.25, 0.3) is 5.91 Å². The molecule has 0 unspecified atom stereocenters. The number of aromatic hydroxyl groups is 2. The summed E-state index contributed by atoms with van der Waals surface area (Å²) in [5.74, 6) is -0.379. The average molecular weight is 433 g/mol. The fourth-order valence-electron chi connectivity index (χ4n) is 2.87. The molecule has 7 nitrogen and oxygen atoms in total. The van der Waals surface area contributed by atoms with Crippen molar-refractivity contribution in [1.82, 2.24) is 0 Å². The van der Waals surface area contributed by atoms with Gasteiger partial charge in [-0.1, -0.05) is 29.8 Å². The van der Waals surface area contributed by atoms with Gasteiger partial charge in [-0.15, -0.1) is 0 Å². The van der Waals surface area contributed by atoms with Gasteiger partial charge in [-0.05, 0) is 55.0 Å². The maximum Gasteiger partial charge on any atom is 0.262 e. The third-order valence-electron chi connectivity index (χ3n) is 4.56. The normalized spacial score (nSPS) is 10.7. The minimum absolute atomic E-state index is 0.0746. The number of nitrogens with one attached hydrogen (secondary N) is 1. The Balaban J connectivity index is 1.63. The molecule has 0 heterocycles. The van der Waals surface area contributed by atoms with Crippen molar-refractivity contribution in [2.45, 2.75) is 6.92 Å². The van der Waals surface area contributed by atoms with E-state index < -0.39 is 5.78 Å². The number of benzene rings is 3. The number of methoxy groups -OCH3 is 1. The van der Waals surface area contributed by atoms with Crippen LogP contribution in [0.4, 0.5) is 5.69 Å². The summed E-state index contributed by atoms with van der Waals surface area (Å²) >= 11 is 0. The highest BCUT2D eigenvalue weighted by Crippen LogP contribution is 2.29. The van der Waals surface area contributed by atoms with Crippen LogP contribution in [0.1, 0.15) is 21.5 Å². The lowest BCUT2D eigenvalue weighted by Gasteiger charge is -2.11. The van der Waals surface area contributed by atoms with Gasteiger partial charge in [-0.2, -0.15) is 0 Å². The van der Waals surface area contributed by atoms with Crippen LogP contribution in [0.2, 0.25) is 0 Å². The van der Waals surface area contributed by atoms with Crippen molar-refractivity contribution in [2.24, 2.45) is 0 Å². The van der Waals surface area contributed by atoms with Gasteiger partial charge in [0.1, 0.15) is 11.5 Å². The Kier molecular flexibility index (Phi) is 7.13. The number of phenols is 2. The van der Waals surface area contributed by atoms with E-state index in [9.17, 15) is 19.8 Å². The van der Waals surface area contributed by atoms with Crippen molar-refractivity contribution in [1.29, 1.82) is 0 Å². The molecule has 3 N–H and O–H groups in total. The number of carbonyl (C=O) groups excluding carboxylic acids is 2. The lowest BCUT2D eigenvalue weighted by atomic mass is 10.1. The van der Waals surface area contributed by atoms with Gasteiger partial charge in [-0.3, -0.25) is 9.59 Å². The first-order valence-electron chi connectivity index (χ1n) is 9.77. The molecule has 3 rings (SSSR count). The smallest absolute Gasteiger partial charge is 0.262 e. The molecule has 3 aromatic carbocycles. The van der Waals surface area contributed by atoms with Gasteiger partial charge in [0.2, 0.25) is 0 Å². The first-order chi connectivity index (χ1) is 15.4. The second-order valence-electron chi connectivity index (χ2n) is 7.01. The third kappa shape index (κ3) is 5.89. The number of ketones is 1. The number of carbonyl (C=O) groups is 2. The number of amides is 1. The van der Waals surface area contributed by atoms with Gasteiger partial charge >= 0.3 is 0 Å². The van der Waals surface area contributed by atoms with Crippen LogP contribution in [0.25, 0.3) is 6.08 Å². The van der Waals surface area contributed by atoms with Crippen molar-refractivity contribution in [3.63, 3.8) is 0 Å². The molecule has 7 heteroatoms. The van der Waals surface area contributed by atoms with Gasteiger partial charge in [0.05, 0.1) is 12.7 Å². The quantitative estimate of drug-likeness (QED) is 0.361. The van der Waals surface area contributed by atoms with Crippen LogP contribution in [-0.4, -0.2) is 35.6 Å². The van der Waals surface area contributed by atoms with Crippen molar-refractivity contribution in [3.8, 4) is 23.0 Å². The lowest BCUT2D eigenvalue weighted by molar-refractivity contribution is -0.118. The molecule has 0 radical (unpaired) electrons. The molecule has 0 aromatic heterocycles. The number of hydrogen-bond acceptors (Lipinski definition) is 6. The van der Waals surface area contributed by atoms with E-state index in [2.05, 4.69) is 5.32 Å². The molecule has 3 aromatic rings. The molecule has 0 spiro atoms. The minimum atomic E-state index is -0.422. The van der Waals surface area contributed by atoms with Crippen LogP contribution in [0.3, 0.4) is 0 Å². The maximum absolute atomic E-state index is 12.3. The summed E-state index contributed by atoms with van der Waals surface area (Å²) in [6.45, 7) is 1.77. The highest BCUT2D eigenvalue weighted by Gasteiger charge is 2.11. The van der Waals surface area contributed by atoms with E-state index in [0.29, 0.717) is 22.7 Å². The molecule has 164 valence electrons. The summed E-state index contributed by atoms with van der Waals surface area (Å²) in [6, 6.07) is 16.2. The highest BCUT2D eigenvalue weighted by atomic mass is 16.5. The second-order valence-corrected chi connectivity index (χ2v) is 7.01. The number of allylic oxidation sites excluding steroid dienone is 1. The summed E-state index contributed by atoms with van der Waals surface area (Å²) in [5.41, 5.74) is 2.51. The standard InChI is InChI=1S/C25H23NO6/c1-16-3-7-18(8-4-16)26-25(30)15-32-23-12-6-17(13-24(23)31-2)5-11-21(28)20-10-9-19(27)14-22(20)29/h3-14,27,29H,15H2,1-2H3,(H,26,30)/b11-5+. The maximum atomic E-state index is 12.3. The largest absolute Gasteiger partial charge is 0.508 e. The molecule has 0 atom stereocenters. The second kappa shape index (κ2) is 10.2. The molecule has 1 amide bonds. The van der Waals surface area contributed by atoms with Gasteiger partial charge in [0, 0.05) is 11.8 Å². The van der Waals surface area contributed by atoms with E-state index in [0.717, 1.165) is 11.6 Å². The van der Waals surface area contributed by atoms with Crippen LogP contribution < -0.4 is 14.8 Å².